The number of hydrogen-bond acceptors (Lipinski definition) is 3. The average Bonchev–Trinajstić information content (AvgIpc) is 2.41. The Labute approximate surface area is 79.0 Å². The van der Waals surface area contributed by atoms with Crippen LogP contribution in [-0.4, -0.2) is 42.6 Å². The molecule has 0 saturated carbocycles. The summed E-state index contributed by atoms with van der Waals surface area (Å²) in [6.07, 6.45) is 0.483. The third kappa shape index (κ3) is 2.67. The van der Waals surface area contributed by atoms with E-state index in [-0.39, 0.29) is 18.0 Å². The zero-order valence-corrected chi connectivity index (χ0v) is 8.32. The monoisotopic (exact) mass is 186 g/mol. The fraction of sp³-hybridized carbons (Fsp3) is 0.889. The van der Waals surface area contributed by atoms with Crippen LogP contribution in [0.4, 0.5) is 0 Å². The van der Waals surface area contributed by atoms with Gasteiger partial charge in [0.2, 0.25) is 5.91 Å². The van der Waals surface area contributed by atoms with Crippen LogP contribution in [0.25, 0.3) is 0 Å². The molecule has 1 fully saturated rings. The second-order valence-corrected chi connectivity index (χ2v) is 3.52. The third-order valence-corrected chi connectivity index (χ3v) is 2.28. The number of ether oxygens (including phenoxy) is 1. The van der Waals surface area contributed by atoms with E-state index in [1.165, 1.54) is 0 Å². The molecule has 1 amide bonds. The van der Waals surface area contributed by atoms with Gasteiger partial charge in [-0.25, -0.2) is 0 Å². The minimum atomic E-state index is 0.0107. The van der Waals surface area contributed by atoms with Crippen LogP contribution in [0.2, 0.25) is 0 Å². The quantitative estimate of drug-likeness (QED) is 0.671. The van der Waals surface area contributed by atoms with E-state index in [0.717, 1.165) is 0 Å². The number of nitrogens with zero attached hydrogens (tertiary/aromatic N) is 1. The molecule has 1 heterocycles. The molecule has 1 aliphatic heterocycles. The molecule has 0 bridgehead atoms. The Kier molecular flexibility index (Phi) is 3.69. The van der Waals surface area contributed by atoms with Crippen molar-refractivity contribution in [3.8, 4) is 0 Å². The predicted molar refractivity (Wildman–Crippen MR) is 50.3 cm³/mol. The number of rotatable bonds is 4. The molecular formula is C9H18N2O2. The summed E-state index contributed by atoms with van der Waals surface area (Å²) in [6, 6.07) is 0.164. The molecule has 2 N–H and O–H groups in total. The largest absolute Gasteiger partial charge is 0.380 e. The summed E-state index contributed by atoms with van der Waals surface area (Å²) in [6.45, 7) is 5.91. The number of carbonyl (C=O) groups is 1. The van der Waals surface area contributed by atoms with Crippen molar-refractivity contribution < 1.29 is 9.53 Å². The standard InChI is InChI=1S/C9H18N2O2/c1-3-13-6-7(2)11-5-8(10)4-9(11)12/h7-8H,3-6,10H2,1-2H3. The van der Waals surface area contributed by atoms with E-state index in [0.29, 0.717) is 26.2 Å². The van der Waals surface area contributed by atoms with Crippen LogP contribution >= 0.6 is 0 Å². The normalized spacial score (nSPS) is 25.3. The molecule has 1 aliphatic rings. The van der Waals surface area contributed by atoms with Gasteiger partial charge in [0, 0.05) is 25.6 Å². The van der Waals surface area contributed by atoms with Crippen LogP contribution in [0, 0.1) is 0 Å². The maximum absolute atomic E-state index is 11.4. The molecule has 1 saturated heterocycles. The highest BCUT2D eigenvalue weighted by atomic mass is 16.5. The van der Waals surface area contributed by atoms with E-state index < -0.39 is 0 Å². The van der Waals surface area contributed by atoms with Crippen LogP contribution in [0.5, 0.6) is 0 Å². The number of likely N-dealkylation sites (tertiary alicyclic amines) is 1. The van der Waals surface area contributed by atoms with E-state index >= 15 is 0 Å². The van der Waals surface area contributed by atoms with Crippen molar-refractivity contribution in [2.24, 2.45) is 5.73 Å². The van der Waals surface area contributed by atoms with Crippen molar-refractivity contribution in [2.75, 3.05) is 19.8 Å². The van der Waals surface area contributed by atoms with Gasteiger partial charge in [-0.3, -0.25) is 4.79 Å². The highest BCUT2D eigenvalue weighted by Crippen LogP contribution is 2.12. The third-order valence-electron chi connectivity index (χ3n) is 2.28. The summed E-state index contributed by atoms with van der Waals surface area (Å²) in [5.41, 5.74) is 5.68. The van der Waals surface area contributed by atoms with Crippen LogP contribution in [0.3, 0.4) is 0 Å². The van der Waals surface area contributed by atoms with Crippen molar-refractivity contribution >= 4 is 5.91 Å². The Morgan fingerprint density at radius 2 is 2.46 bits per heavy atom. The number of nitrogens with two attached hydrogens (primary N) is 1. The molecule has 0 aromatic rings. The summed E-state index contributed by atoms with van der Waals surface area (Å²) >= 11 is 0. The molecule has 2 unspecified atom stereocenters. The Bertz CT molecular complexity index is 184. The lowest BCUT2D eigenvalue weighted by Gasteiger charge is -2.24. The van der Waals surface area contributed by atoms with Crippen LogP contribution in [0.15, 0.2) is 0 Å². The average molecular weight is 186 g/mol. The van der Waals surface area contributed by atoms with Gasteiger partial charge in [0.1, 0.15) is 0 Å². The lowest BCUT2D eigenvalue weighted by atomic mass is 10.3. The molecule has 0 radical (unpaired) electrons. The zero-order valence-electron chi connectivity index (χ0n) is 8.32. The highest BCUT2D eigenvalue weighted by molar-refractivity contribution is 5.79. The van der Waals surface area contributed by atoms with Crippen molar-refractivity contribution in [3.63, 3.8) is 0 Å². The zero-order chi connectivity index (χ0) is 9.84. The number of amides is 1. The van der Waals surface area contributed by atoms with Gasteiger partial charge in [0.15, 0.2) is 0 Å². The Morgan fingerprint density at radius 3 is 2.92 bits per heavy atom. The van der Waals surface area contributed by atoms with Gasteiger partial charge in [-0.1, -0.05) is 0 Å². The second-order valence-electron chi connectivity index (χ2n) is 3.52. The van der Waals surface area contributed by atoms with E-state index in [1.54, 1.807) is 4.90 Å². The van der Waals surface area contributed by atoms with Gasteiger partial charge in [-0.2, -0.15) is 0 Å². The van der Waals surface area contributed by atoms with Gasteiger partial charge in [-0.15, -0.1) is 0 Å². The molecule has 0 aromatic heterocycles. The molecule has 0 spiro atoms. The van der Waals surface area contributed by atoms with E-state index in [9.17, 15) is 4.79 Å². The maximum Gasteiger partial charge on any atom is 0.224 e. The summed E-state index contributed by atoms with van der Waals surface area (Å²) < 4.78 is 5.26. The summed E-state index contributed by atoms with van der Waals surface area (Å²) in [5, 5.41) is 0. The molecular weight excluding hydrogens is 168 g/mol. The maximum atomic E-state index is 11.4. The Balaban J connectivity index is 2.38. The summed E-state index contributed by atoms with van der Waals surface area (Å²) in [4.78, 5) is 13.2. The predicted octanol–water partition coefficient (Wildman–Crippen LogP) is -0.0290. The van der Waals surface area contributed by atoms with Gasteiger partial charge >= 0.3 is 0 Å². The molecule has 4 heteroatoms. The first-order valence-electron chi connectivity index (χ1n) is 4.78. The number of carbonyl (C=O) groups excluding carboxylic acids is 1. The molecule has 0 aliphatic carbocycles. The van der Waals surface area contributed by atoms with E-state index in [2.05, 4.69) is 0 Å². The summed E-state index contributed by atoms with van der Waals surface area (Å²) in [7, 11) is 0. The SMILES string of the molecule is CCOCC(C)N1CC(N)CC1=O. The van der Waals surface area contributed by atoms with E-state index in [1.807, 2.05) is 13.8 Å². The van der Waals surface area contributed by atoms with Crippen molar-refractivity contribution in [1.82, 2.24) is 4.90 Å². The van der Waals surface area contributed by atoms with Crippen molar-refractivity contribution in [2.45, 2.75) is 32.4 Å². The minimum absolute atomic E-state index is 0.0107. The van der Waals surface area contributed by atoms with Gasteiger partial charge < -0.3 is 15.4 Å². The van der Waals surface area contributed by atoms with Crippen LogP contribution < -0.4 is 5.73 Å². The lowest BCUT2D eigenvalue weighted by Crippen LogP contribution is -2.38. The fourth-order valence-electron chi connectivity index (χ4n) is 1.56. The smallest absolute Gasteiger partial charge is 0.224 e. The Morgan fingerprint density at radius 1 is 1.77 bits per heavy atom. The molecule has 4 nitrogen and oxygen atoms in total. The van der Waals surface area contributed by atoms with Crippen LogP contribution in [0.1, 0.15) is 20.3 Å². The molecule has 13 heavy (non-hydrogen) atoms. The Hall–Kier alpha value is -0.610. The molecule has 1 rings (SSSR count). The number of hydrogen-bond donors (Lipinski definition) is 1. The second kappa shape index (κ2) is 4.58. The first-order chi connectivity index (χ1) is 6.15. The van der Waals surface area contributed by atoms with Gasteiger partial charge in [-0.05, 0) is 13.8 Å². The fourth-order valence-corrected chi connectivity index (χ4v) is 1.56. The molecule has 0 aromatic carbocycles. The molecule has 76 valence electrons. The van der Waals surface area contributed by atoms with E-state index in [4.69, 9.17) is 10.5 Å². The van der Waals surface area contributed by atoms with Gasteiger partial charge in [0.05, 0.1) is 12.6 Å². The van der Waals surface area contributed by atoms with Crippen LogP contribution in [-0.2, 0) is 9.53 Å². The summed E-state index contributed by atoms with van der Waals surface area (Å²) in [5.74, 6) is 0.153. The first-order valence-corrected chi connectivity index (χ1v) is 4.78. The minimum Gasteiger partial charge on any atom is -0.380 e. The van der Waals surface area contributed by atoms with Crippen molar-refractivity contribution in [3.05, 3.63) is 0 Å². The molecule has 2 atom stereocenters. The lowest BCUT2D eigenvalue weighted by molar-refractivity contribution is -0.130. The topological polar surface area (TPSA) is 55.6 Å². The van der Waals surface area contributed by atoms with Gasteiger partial charge in [0.25, 0.3) is 0 Å². The van der Waals surface area contributed by atoms with Crippen molar-refractivity contribution in [1.29, 1.82) is 0 Å². The highest BCUT2D eigenvalue weighted by Gasteiger charge is 2.30. The first kappa shape index (κ1) is 10.5.